The molecule has 3 aromatic rings. The number of urea groups is 1. The second kappa shape index (κ2) is 13.8. The first-order valence-corrected chi connectivity index (χ1v) is 13.1. The van der Waals surface area contributed by atoms with Crippen LogP contribution in [0.1, 0.15) is 17.0 Å². The maximum Gasteiger partial charge on any atom is 0.320 e. The van der Waals surface area contributed by atoms with Gasteiger partial charge in [-0.25, -0.2) is 22.6 Å². The maximum absolute atomic E-state index is 14.1. The summed E-state index contributed by atoms with van der Waals surface area (Å²) >= 11 is 0. The Kier molecular flexibility index (Phi) is 10.2. The molecule has 41 heavy (non-hydrogen) atoms. The van der Waals surface area contributed by atoms with Gasteiger partial charge in [-0.15, -0.1) is 5.10 Å². The summed E-state index contributed by atoms with van der Waals surface area (Å²) in [5, 5.41) is 20.2. The number of benzene rings is 2. The second-order valence-corrected chi connectivity index (χ2v) is 9.81. The third-order valence-electron chi connectivity index (χ3n) is 6.84. The summed E-state index contributed by atoms with van der Waals surface area (Å²) in [5.41, 5.74) is 1.41. The van der Waals surface area contributed by atoms with Gasteiger partial charge in [0.05, 0.1) is 30.5 Å². The van der Waals surface area contributed by atoms with Crippen molar-refractivity contribution in [1.82, 2.24) is 20.0 Å². The standard InChI is InChI=1S/C28H34F3N5O5/c1-17-26(36(19-7-5-4-6-8-19)34-27(17)41-16-20(37)15-40-3)33-28(38)32-24-14-35(9-10-39-2)13-21(24)18-11-22(29)25(31)23(30)12-18/h4-8,11-12,20-21,24,37H,9-10,13-16H2,1-3H3,(H2,32,33,38)/t20?,21-,24+/m0/s1. The van der Waals surface area contributed by atoms with Gasteiger partial charge in [-0.05, 0) is 36.8 Å². The van der Waals surface area contributed by atoms with Gasteiger partial charge in [0.1, 0.15) is 18.5 Å². The van der Waals surface area contributed by atoms with Crippen molar-refractivity contribution in [2.75, 3.05) is 59.0 Å². The number of hydrogen-bond donors (Lipinski definition) is 3. The fourth-order valence-electron chi connectivity index (χ4n) is 4.80. The molecule has 1 aliphatic heterocycles. The normalized spacial score (nSPS) is 17.9. The number of aliphatic hydroxyl groups is 1. The van der Waals surface area contributed by atoms with Crippen molar-refractivity contribution in [2.45, 2.75) is 25.0 Å². The molecule has 1 saturated heterocycles. The molecule has 1 aromatic heterocycles. The number of methoxy groups -OCH3 is 2. The summed E-state index contributed by atoms with van der Waals surface area (Å²) < 4.78 is 59.1. The molecule has 13 heteroatoms. The van der Waals surface area contributed by atoms with Crippen LogP contribution in [0, 0.1) is 24.4 Å². The van der Waals surface area contributed by atoms with Crippen LogP contribution in [-0.4, -0.2) is 91.6 Å². The molecule has 2 heterocycles. The molecule has 4 rings (SSSR count). The first-order chi connectivity index (χ1) is 19.7. The van der Waals surface area contributed by atoms with Crippen molar-refractivity contribution in [3.05, 3.63) is 71.0 Å². The largest absolute Gasteiger partial charge is 0.474 e. The molecule has 3 atom stereocenters. The van der Waals surface area contributed by atoms with Gasteiger partial charge >= 0.3 is 6.03 Å². The molecule has 222 valence electrons. The summed E-state index contributed by atoms with van der Waals surface area (Å²) in [6.45, 7) is 3.45. The number of ether oxygens (including phenoxy) is 3. The summed E-state index contributed by atoms with van der Waals surface area (Å²) in [7, 11) is 3.03. The lowest BCUT2D eigenvalue weighted by Gasteiger charge is -2.21. The van der Waals surface area contributed by atoms with E-state index in [0.717, 1.165) is 12.1 Å². The summed E-state index contributed by atoms with van der Waals surface area (Å²) in [6.07, 6.45) is -0.873. The number of carbonyl (C=O) groups excluding carboxylic acids is 1. The van der Waals surface area contributed by atoms with Gasteiger partial charge in [0.25, 0.3) is 0 Å². The van der Waals surface area contributed by atoms with E-state index >= 15 is 0 Å². The van der Waals surface area contributed by atoms with Crippen LogP contribution < -0.4 is 15.4 Å². The second-order valence-electron chi connectivity index (χ2n) is 9.81. The average molecular weight is 578 g/mol. The molecule has 0 radical (unpaired) electrons. The van der Waals surface area contributed by atoms with Crippen LogP contribution in [0.4, 0.5) is 23.8 Å². The smallest absolute Gasteiger partial charge is 0.320 e. The zero-order valence-corrected chi connectivity index (χ0v) is 23.1. The molecule has 1 aliphatic rings. The number of hydrogen-bond acceptors (Lipinski definition) is 7. The van der Waals surface area contributed by atoms with Gasteiger partial charge in [0.2, 0.25) is 5.88 Å². The van der Waals surface area contributed by atoms with E-state index in [-0.39, 0.29) is 24.7 Å². The molecule has 1 fully saturated rings. The lowest BCUT2D eigenvalue weighted by Crippen LogP contribution is -2.42. The highest BCUT2D eigenvalue weighted by atomic mass is 19.2. The molecule has 0 bridgehead atoms. The number of aromatic nitrogens is 2. The maximum atomic E-state index is 14.1. The summed E-state index contributed by atoms with van der Waals surface area (Å²) in [5.74, 6) is -4.09. The highest BCUT2D eigenvalue weighted by Crippen LogP contribution is 2.31. The molecule has 10 nitrogen and oxygen atoms in total. The SMILES string of the molecule is COCCN1C[C@@H](NC(=O)Nc2c(C)c(OCC(O)COC)nn2-c2ccccc2)[C@H](c2cc(F)c(F)c(F)c2)C1. The molecule has 0 saturated carbocycles. The number of halogens is 3. The number of nitrogens with one attached hydrogen (secondary N) is 2. The van der Waals surface area contributed by atoms with Crippen LogP contribution in [0.5, 0.6) is 5.88 Å². The minimum atomic E-state index is -1.54. The van der Waals surface area contributed by atoms with Crippen LogP contribution in [-0.2, 0) is 9.47 Å². The van der Waals surface area contributed by atoms with E-state index in [9.17, 15) is 23.1 Å². The molecular formula is C28H34F3N5O5. The number of aliphatic hydroxyl groups excluding tert-OH is 1. The van der Waals surface area contributed by atoms with Crippen molar-refractivity contribution >= 4 is 11.8 Å². The van der Waals surface area contributed by atoms with Crippen LogP contribution in [0.15, 0.2) is 42.5 Å². The molecule has 2 amide bonds. The third-order valence-corrected chi connectivity index (χ3v) is 6.84. The van der Waals surface area contributed by atoms with Gasteiger partial charge in [0.15, 0.2) is 17.5 Å². The average Bonchev–Trinajstić information content (AvgIpc) is 3.49. The zero-order valence-electron chi connectivity index (χ0n) is 23.1. The van der Waals surface area contributed by atoms with Gasteiger partial charge in [-0.2, -0.15) is 0 Å². The van der Waals surface area contributed by atoms with Crippen LogP contribution in [0.25, 0.3) is 5.69 Å². The van der Waals surface area contributed by atoms with Crippen LogP contribution >= 0.6 is 0 Å². The minimum Gasteiger partial charge on any atom is -0.474 e. The van der Waals surface area contributed by atoms with E-state index < -0.39 is 41.5 Å². The van der Waals surface area contributed by atoms with Crippen molar-refractivity contribution in [2.24, 2.45) is 0 Å². The molecule has 0 spiro atoms. The first-order valence-electron chi connectivity index (χ1n) is 13.1. The topological polar surface area (TPSA) is 110 Å². The van der Waals surface area contributed by atoms with E-state index in [2.05, 4.69) is 15.7 Å². The third kappa shape index (κ3) is 7.36. The number of rotatable bonds is 12. The monoisotopic (exact) mass is 577 g/mol. The zero-order chi connectivity index (χ0) is 29.5. The van der Waals surface area contributed by atoms with Gasteiger partial charge < -0.3 is 24.6 Å². The van der Waals surface area contributed by atoms with E-state index in [1.807, 2.05) is 23.1 Å². The number of para-hydroxylation sites is 1. The van der Waals surface area contributed by atoms with Gasteiger partial charge in [-0.1, -0.05) is 18.2 Å². The van der Waals surface area contributed by atoms with Crippen LogP contribution in [0.2, 0.25) is 0 Å². The lowest BCUT2D eigenvalue weighted by molar-refractivity contribution is 0.0311. The summed E-state index contributed by atoms with van der Waals surface area (Å²) in [4.78, 5) is 15.3. The fraction of sp³-hybridized carbons (Fsp3) is 0.429. The summed E-state index contributed by atoms with van der Waals surface area (Å²) in [6, 6.07) is 9.88. The van der Waals surface area contributed by atoms with Gasteiger partial charge in [-0.3, -0.25) is 10.2 Å². The molecule has 2 aromatic carbocycles. The van der Waals surface area contributed by atoms with E-state index in [4.69, 9.17) is 14.2 Å². The molecular weight excluding hydrogens is 543 g/mol. The molecule has 3 N–H and O–H groups in total. The number of carbonyl (C=O) groups is 1. The van der Waals surface area contributed by atoms with Crippen molar-refractivity contribution < 1.29 is 37.3 Å². The Labute approximate surface area is 236 Å². The number of amides is 2. The van der Waals surface area contributed by atoms with Crippen LogP contribution in [0.3, 0.4) is 0 Å². The highest BCUT2D eigenvalue weighted by Gasteiger charge is 2.36. The van der Waals surface area contributed by atoms with E-state index in [1.54, 1.807) is 26.2 Å². The number of likely N-dealkylation sites (tertiary alicyclic amines) is 1. The van der Waals surface area contributed by atoms with Gasteiger partial charge in [0, 0.05) is 39.8 Å². The Morgan fingerprint density at radius 1 is 1.10 bits per heavy atom. The fourth-order valence-corrected chi connectivity index (χ4v) is 4.80. The highest BCUT2D eigenvalue weighted by molar-refractivity contribution is 5.90. The Balaban J connectivity index is 1.57. The van der Waals surface area contributed by atoms with Crippen molar-refractivity contribution in [1.29, 1.82) is 0 Å². The Hall–Kier alpha value is -3.65. The predicted octanol–water partition coefficient (Wildman–Crippen LogP) is 3.22. The predicted molar refractivity (Wildman–Crippen MR) is 145 cm³/mol. The number of anilines is 1. The lowest BCUT2D eigenvalue weighted by atomic mass is 9.94. The Morgan fingerprint density at radius 2 is 1.80 bits per heavy atom. The van der Waals surface area contributed by atoms with E-state index in [0.29, 0.717) is 43.3 Å². The Bertz CT molecular complexity index is 1300. The Morgan fingerprint density at radius 3 is 2.46 bits per heavy atom. The first kappa shape index (κ1) is 30.3. The molecule has 1 unspecified atom stereocenters. The number of nitrogens with zero attached hydrogens (tertiary/aromatic N) is 3. The van der Waals surface area contributed by atoms with E-state index in [1.165, 1.54) is 11.8 Å². The quantitative estimate of drug-likeness (QED) is 0.284. The van der Waals surface area contributed by atoms with Crippen molar-refractivity contribution in [3.8, 4) is 11.6 Å². The molecule has 0 aliphatic carbocycles. The van der Waals surface area contributed by atoms with Crippen molar-refractivity contribution in [3.63, 3.8) is 0 Å². The minimum absolute atomic E-state index is 0.0715.